The Balaban J connectivity index is 2.57. The van der Waals surface area contributed by atoms with Crippen molar-refractivity contribution >= 4 is 0 Å². The van der Waals surface area contributed by atoms with Gasteiger partial charge in [0.2, 0.25) is 0 Å². The minimum Gasteiger partial charge on any atom is -0.393 e. The van der Waals surface area contributed by atoms with E-state index in [-0.39, 0.29) is 11.5 Å². The second-order valence-corrected chi connectivity index (χ2v) is 6.52. The fourth-order valence-corrected chi connectivity index (χ4v) is 2.09. The van der Waals surface area contributed by atoms with Crippen LogP contribution in [0.4, 0.5) is 0 Å². The van der Waals surface area contributed by atoms with E-state index in [9.17, 15) is 5.11 Å². The summed E-state index contributed by atoms with van der Waals surface area (Å²) in [5, 5.41) is 10.0. The Kier molecular flexibility index (Phi) is 4.76. The van der Waals surface area contributed by atoms with Gasteiger partial charge in [-0.05, 0) is 35.3 Å². The van der Waals surface area contributed by atoms with E-state index in [1.165, 1.54) is 11.1 Å². The van der Waals surface area contributed by atoms with Gasteiger partial charge in [0.1, 0.15) is 0 Å². The minimum absolute atomic E-state index is 0.192. The van der Waals surface area contributed by atoms with Crippen molar-refractivity contribution in [1.29, 1.82) is 0 Å². The Bertz CT molecular complexity index is 330. The summed E-state index contributed by atoms with van der Waals surface area (Å²) in [5.74, 6) is 0.573. The number of hydrogen-bond donors (Lipinski definition) is 1. The zero-order chi connectivity index (χ0) is 13.1. The molecule has 1 aromatic rings. The molecule has 0 heterocycles. The van der Waals surface area contributed by atoms with Gasteiger partial charge >= 0.3 is 0 Å². The van der Waals surface area contributed by atoms with Crippen molar-refractivity contribution in [3.8, 4) is 0 Å². The Morgan fingerprint density at radius 3 is 2.00 bits per heavy atom. The van der Waals surface area contributed by atoms with Crippen LogP contribution < -0.4 is 0 Å². The molecule has 1 aromatic carbocycles. The topological polar surface area (TPSA) is 20.2 Å². The van der Waals surface area contributed by atoms with Crippen LogP contribution in [0, 0.1) is 5.41 Å². The summed E-state index contributed by atoms with van der Waals surface area (Å²) in [5.41, 5.74) is 2.78. The molecule has 0 aliphatic heterocycles. The molecule has 0 saturated heterocycles. The average Bonchev–Trinajstić information content (AvgIpc) is 2.15. The number of benzene rings is 1. The van der Waals surface area contributed by atoms with Crippen molar-refractivity contribution in [2.75, 3.05) is 0 Å². The Morgan fingerprint density at radius 2 is 1.59 bits per heavy atom. The highest BCUT2D eigenvalue weighted by Gasteiger charge is 2.16. The van der Waals surface area contributed by atoms with Gasteiger partial charge in [0.15, 0.2) is 0 Å². The summed E-state index contributed by atoms with van der Waals surface area (Å²) in [6.45, 7) is 10.9. The quantitative estimate of drug-likeness (QED) is 0.829. The maximum atomic E-state index is 10.0. The highest BCUT2D eigenvalue weighted by atomic mass is 16.3. The van der Waals surface area contributed by atoms with Crippen LogP contribution in [0.1, 0.15) is 58.1 Å². The summed E-state index contributed by atoms with van der Waals surface area (Å²) in [7, 11) is 0. The molecule has 1 nitrogen and oxygen atoms in total. The predicted molar refractivity (Wildman–Crippen MR) is 74.3 cm³/mol. The lowest BCUT2D eigenvalue weighted by Crippen LogP contribution is -2.19. The van der Waals surface area contributed by atoms with E-state index in [1.807, 2.05) is 0 Å². The molecular formula is C16H26O. The lowest BCUT2D eigenvalue weighted by molar-refractivity contribution is 0.121. The molecule has 1 heteroatoms. The Hall–Kier alpha value is -0.820. The van der Waals surface area contributed by atoms with Crippen LogP contribution >= 0.6 is 0 Å². The predicted octanol–water partition coefficient (Wildman–Crippen LogP) is 4.15. The first-order chi connectivity index (χ1) is 7.78. The molecule has 0 aliphatic carbocycles. The van der Waals surface area contributed by atoms with E-state index >= 15 is 0 Å². The molecular weight excluding hydrogens is 208 g/mol. The summed E-state index contributed by atoms with van der Waals surface area (Å²) >= 11 is 0. The molecule has 0 radical (unpaired) electrons. The SMILES string of the molecule is CC(C)c1ccc(CC(O)CC(C)(C)C)cc1. The van der Waals surface area contributed by atoms with Crippen molar-refractivity contribution in [1.82, 2.24) is 0 Å². The Morgan fingerprint density at radius 1 is 1.06 bits per heavy atom. The van der Waals surface area contributed by atoms with Gasteiger partial charge in [-0.15, -0.1) is 0 Å². The van der Waals surface area contributed by atoms with E-state index in [0.717, 1.165) is 12.8 Å². The van der Waals surface area contributed by atoms with Crippen molar-refractivity contribution in [2.24, 2.45) is 5.41 Å². The third-order valence-corrected chi connectivity index (χ3v) is 2.97. The van der Waals surface area contributed by atoms with Crippen molar-refractivity contribution in [2.45, 2.75) is 59.5 Å². The number of aliphatic hydroxyl groups is 1. The molecule has 0 spiro atoms. The van der Waals surface area contributed by atoms with Crippen LogP contribution in [0.25, 0.3) is 0 Å². The normalized spacial score (nSPS) is 14.1. The molecule has 1 N–H and O–H groups in total. The maximum absolute atomic E-state index is 10.0. The van der Waals surface area contributed by atoms with Gasteiger partial charge < -0.3 is 5.11 Å². The fourth-order valence-electron chi connectivity index (χ4n) is 2.09. The summed E-state index contributed by atoms with van der Waals surface area (Å²) < 4.78 is 0. The average molecular weight is 234 g/mol. The summed E-state index contributed by atoms with van der Waals surface area (Å²) in [6.07, 6.45) is 1.37. The molecule has 1 atom stereocenters. The highest BCUT2D eigenvalue weighted by molar-refractivity contribution is 5.25. The molecule has 1 unspecified atom stereocenters. The van der Waals surface area contributed by atoms with Crippen molar-refractivity contribution in [3.63, 3.8) is 0 Å². The monoisotopic (exact) mass is 234 g/mol. The van der Waals surface area contributed by atoms with E-state index < -0.39 is 0 Å². The molecule has 0 aromatic heterocycles. The summed E-state index contributed by atoms with van der Waals surface area (Å²) in [6, 6.07) is 8.62. The van der Waals surface area contributed by atoms with Gasteiger partial charge in [0.05, 0.1) is 6.10 Å². The van der Waals surface area contributed by atoms with Crippen LogP contribution in [-0.4, -0.2) is 11.2 Å². The van der Waals surface area contributed by atoms with Crippen LogP contribution in [0.5, 0.6) is 0 Å². The number of hydrogen-bond acceptors (Lipinski definition) is 1. The zero-order valence-electron chi connectivity index (χ0n) is 11.8. The van der Waals surface area contributed by atoms with Gasteiger partial charge in [-0.1, -0.05) is 58.9 Å². The largest absolute Gasteiger partial charge is 0.393 e. The lowest BCUT2D eigenvalue weighted by atomic mass is 9.87. The second-order valence-electron chi connectivity index (χ2n) is 6.52. The third-order valence-electron chi connectivity index (χ3n) is 2.97. The van der Waals surface area contributed by atoms with Gasteiger partial charge in [0, 0.05) is 0 Å². The molecule has 17 heavy (non-hydrogen) atoms. The van der Waals surface area contributed by atoms with Crippen LogP contribution in [0.15, 0.2) is 24.3 Å². The maximum Gasteiger partial charge on any atom is 0.0585 e. The first-order valence-corrected chi connectivity index (χ1v) is 6.55. The smallest absolute Gasteiger partial charge is 0.0585 e. The highest BCUT2D eigenvalue weighted by Crippen LogP contribution is 2.23. The van der Waals surface area contributed by atoms with Gasteiger partial charge in [-0.25, -0.2) is 0 Å². The first kappa shape index (κ1) is 14.2. The summed E-state index contributed by atoms with van der Waals surface area (Å²) in [4.78, 5) is 0. The molecule has 0 bridgehead atoms. The first-order valence-electron chi connectivity index (χ1n) is 6.55. The van der Waals surface area contributed by atoms with Crippen LogP contribution in [-0.2, 0) is 6.42 Å². The molecule has 96 valence electrons. The standard InChI is InChI=1S/C16H26O/c1-12(2)14-8-6-13(7-9-14)10-15(17)11-16(3,4)5/h6-9,12,15,17H,10-11H2,1-5H3. The van der Waals surface area contributed by atoms with Crippen LogP contribution in [0.2, 0.25) is 0 Å². The van der Waals surface area contributed by atoms with E-state index in [4.69, 9.17) is 0 Å². The van der Waals surface area contributed by atoms with E-state index in [0.29, 0.717) is 5.92 Å². The number of rotatable bonds is 4. The molecule has 0 aliphatic rings. The molecule has 0 saturated carbocycles. The zero-order valence-corrected chi connectivity index (χ0v) is 11.8. The fraction of sp³-hybridized carbons (Fsp3) is 0.625. The van der Waals surface area contributed by atoms with Crippen molar-refractivity contribution in [3.05, 3.63) is 35.4 Å². The molecule has 0 fully saturated rings. The van der Waals surface area contributed by atoms with Crippen molar-refractivity contribution < 1.29 is 5.11 Å². The molecule has 1 rings (SSSR count). The van der Waals surface area contributed by atoms with Gasteiger partial charge in [-0.2, -0.15) is 0 Å². The van der Waals surface area contributed by atoms with E-state index in [2.05, 4.69) is 58.9 Å². The van der Waals surface area contributed by atoms with Gasteiger partial charge in [-0.3, -0.25) is 0 Å². The Labute approximate surface area is 106 Å². The van der Waals surface area contributed by atoms with Crippen LogP contribution in [0.3, 0.4) is 0 Å². The van der Waals surface area contributed by atoms with Gasteiger partial charge in [0.25, 0.3) is 0 Å². The molecule has 0 amide bonds. The number of aliphatic hydroxyl groups excluding tert-OH is 1. The lowest BCUT2D eigenvalue weighted by Gasteiger charge is -2.22. The second kappa shape index (κ2) is 5.68. The minimum atomic E-state index is -0.236. The third kappa shape index (κ3) is 5.36. The van der Waals surface area contributed by atoms with E-state index in [1.54, 1.807) is 0 Å².